The van der Waals surface area contributed by atoms with Crippen LogP contribution in [0.3, 0.4) is 0 Å². The van der Waals surface area contributed by atoms with Gasteiger partial charge in [0.2, 0.25) is 0 Å². The Morgan fingerprint density at radius 2 is 2.13 bits per heavy atom. The van der Waals surface area contributed by atoms with Crippen molar-refractivity contribution < 1.29 is 9.90 Å². The van der Waals surface area contributed by atoms with E-state index in [1.165, 1.54) is 19.3 Å². The molecule has 2 rings (SSSR count). The molecule has 1 aliphatic carbocycles. The molecule has 1 N–H and O–H groups in total. The molecular weight excluding hydrogens is 190 g/mol. The first kappa shape index (κ1) is 10.9. The summed E-state index contributed by atoms with van der Waals surface area (Å²) >= 11 is 0. The highest BCUT2D eigenvalue weighted by molar-refractivity contribution is 5.67. The Morgan fingerprint density at radius 1 is 1.40 bits per heavy atom. The van der Waals surface area contributed by atoms with E-state index in [1.807, 2.05) is 0 Å². The van der Waals surface area contributed by atoms with Crippen LogP contribution in [0, 0.1) is 11.3 Å². The van der Waals surface area contributed by atoms with Crippen molar-refractivity contribution in [3.63, 3.8) is 0 Å². The summed E-state index contributed by atoms with van der Waals surface area (Å²) in [7, 11) is 2.14. The van der Waals surface area contributed by atoms with Gasteiger partial charge in [0.25, 0.3) is 0 Å². The van der Waals surface area contributed by atoms with Crippen molar-refractivity contribution in [3.8, 4) is 0 Å². The Labute approximate surface area is 91.5 Å². The number of carboxylic acid groups (broad SMARTS) is 1. The maximum atomic E-state index is 11.0. The van der Waals surface area contributed by atoms with Crippen LogP contribution >= 0.6 is 0 Å². The molecular formula is C12H21NO2. The molecule has 1 unspecified atom stereocenters. The van der Waals surface area contributed by atoms with E-state index in [0.717, 1.165) is 25.9 Å². The molecule has 0 amide bonds. The lowest BCUT2D eigenvalue weighted by Crippen LogP contribution is -2.28. The number of carboxylic acids is 1. The summed E-state index contributed by atoms with van der Waals surface area (Å²) in [6, 6.07) is 0. The van der Waals surface area contributed by atoms with Crippen LogP contribution in [0.15, 0.2) is 0 Å². The topological polar surface area (TPSA) is 40.5 Å². The summed E-state index contributed by atoms with van der Waals surface area (Å²) < 4.78 is 0. The molecule has 2 aliphatic rings. The number of hydrogen-bond acceptors (Lipinski definition) is 2. The molecule has 0 spiro atoms. The van der Waals surface area contributed by atoms with Crippen molar-refractivity contribution in [1.29, 1.82) is 0 Å². The van der Waals surface area contributed by atoms with Gasteiger partial charge in [0.05, 0.1) is 6.42 Å². The zero-order valence-corrected chi connectivity index (χ0v) is 9.54. The van der Waals surface area contributed by atoms with Crippen LogP contribution in [0.2, 0.25) is 0 Å². The molecule has 15 heavy (non-hydrogen) atoms. The first-order chi connectivity index (χ1) is 7.12. The number of nitrogens with zero attached hydrogens (tertiary/aromatic N) is 1. The molecule has 3 nitrogen and oxygen atoms in total. The van der Waals surface area contributed by atoms with E-state index >= 15 is 0 Å². The number of likely N-dealkylation sites (tertiary alicyclic amines) is 1. The summed E-state index contributed by atoms with van der Waals surface area (Å²) in [5, 5.41) is 9.05. The van der Waals surface area contributed by atoms with Gasteiger partial charge in [0.15, 0.2) is 0 Å². The summed E-state index contributed by atoms with van der Waals surface area (Å²) in [4.78, 5) is 13.3. The summed E-state index contributed by atoms with van der Waals surface area (Å²) in [5.74, 6) is 0.103. The van der Waals surface area contributed by atoms with Gasteiger partial charge in [-0.05, 0) is 63.6 Å². The molecule has 0 aromatic heterocycles. The van der Waals surface area contributed by atoms with Gasteiger partial charge in [0.1, 0.15) is 0 Å². The number of rotatable bonds is 3. The molecule has 1 saturated carbocycles. The van der Waals surface area contributed by atoms with E-state index in [4.69, 9.17) is 5.11 Å². The zero-order chi connectivity index (χ0) is 10.9. The Balaban J connectivity index is 2.06. The first-order valence-electron chi connectivity index (χ1n) is 6.03. The van der Waals surface area contributed by atoms with E-state index in [2.05, 4.69) is 11.9 Å². The Kier molecular flexibility index (Phi) is 3.01. The zero-order valence-electron chi connectivity index (χ0n) is 9.54. The number of hydrogen-bond donors (Lipinski definition) is 1. The molecule has 0 aromatic rings. The van der Waals surface area contributed by atoms with Crippen LogP contribution in [0.1, 0.15) is 38.5 Å². The van der Waals surface area contributed by atoms with Crippen LogP contribution in [0.4, 0.5) is 0 Å². The summed E-state index contributed by atoms with van der Waals surface area (Å²) in [5.41, 5.74) is 0.136. The molecule has 1 atom stereocenters. The molecule has 3 heteroatoms. The van der Waals surface area contributed by atoms with Crippen LogP contribution in [-0.4, -0.2) is 36.1 Å². The van der Waals surface area contributed by atoms with Gasteiger partial charge in [-0.15, -0.1) is 0 Å². The minimum absolute atomic E-state index is 0.136. The number of carbonyl (C=O) groups is 1. The summed E-state index contributed by atoms with van der Waals surface area (Å²) in [6.45, 7) is 2.21. The highest BCUT2D eigenvalue weighted by Crippen LogP contribution is 2.53. The lowest BCUT2D eigenvalue weighted by atomic mass is 9.73. The monoisotopic (exact) mass is 211 g/mol. The fourth-order valence-corrected chi connectivity index (χ4v) is 3.08. The molecule has 1 aliphatic heterocycles. The van der Waals surface area contributed by atoms with Crippen molar-refractivity contribution in [2.75, 3.05) is 20.1 Å². The lowest BCUT2D eigenvalue weighted by molar-refractivity contribution is -0.140. The fraction of sp³-hybridized carbons (Fsp3) is 0.917. The van der Waals surface area contributed by atoms with Crippen molar-refractivity contribution in [2.45, 2.75) is 38.5 Å². The molecule has 1 heterocycles. The van der Waals surface area contributed by atoms with Gasteiger partial charge in [-0.25, -0.2) is 0 Å². The van der Waals surface area contributed by atoms with Crippen LogP contribution in [0.5, 0.6) is 0 Å². The Hall–Kier alpha value is -0.570. The second-order valence-corrected chi connectivity index (χ2v) is 5.36. The Morgan fingerprint density at radius 3 is 2.73 bits per heavy atom. The molecule has 0 radical (unpaired) electrons. The largest absolute Gasteiger partial charge is 0.481 e. The van der Waals surface area contributed by atoms with Gasteiger partial charge in [0, 0.05) is 0 Å². The highest BCUT2D eigenvalue weighted by Gasteiger charge is 2.46. The van der Waals surface area contributed by atoms with Crippen LogP contribution < -0.4 is 0 Å². The van der Waals surface area contributed by atoms with Crippen molar-refractivity contribution in [3.05, 3.63) is 0 Å². The minimum Gasteiger partial charge on any atom is -0.481 e. The Bertz CT molecular complexity index is 250. The molecule has 1 saturated heterocycles. The predicted octanol–water partition coefficient (Wildman–Crippen LogP) is 1.97. The highest BCUT2D eigenvalue weighted by atomic mass is 16.4. The van der Waals surface area contributed by atoms with Gasteiger partial charge >= 0.3 is 5.97 Å². The third-order valence-corrected chi connectivity index (χ3v) is 4.15. The van der Waals surface area contributed by atoms with Crippen LogP contribution in [-0.2, 0) is 4.79 Å². The smallest absolute Gasteiger partial charge is 0.303 e. The molecule has 0 aromatic carbocycles. The van der Waals surface area contributed by atoms with E-state index in [-0.39, 0.29) is 5.41 Å². The third-order valence-electron chi connectivity index (χ3n) is 4.15. The van der Waals surface area contributed by atoms with Crippen LogP contribution in [0.25, 0.3) is 0 Å². The van der Waals surface area contributed by atoms with Gasteiger partial charge in [-0.2, -0.15) is 0 Å². The molecule has 2 fully saturated rings. The van der Waals surface area contributed by atoms with E-state index in [0.29, 0.717) is 12.3 Å². The maximum Gasteiger partial charge on any atom is 0.303 e. The van der Waals surface area contributed by atoms with Crippen molar-refractivity contribution >= 4 is 5.97 Å². The average Bonchev–Trinajstić information content (AvgIpc) is 2.93. The second kappa shape index (κ2) is 4.12. The first-order valence-corrected chi connectivity index (χ1v) is 6.03. The molecule has 0 bridgehead atoms. The SMILES string of the molecule is CN1CCCC(CC(=O)O)(C2CC2)CC1. The maximum absolute atomic E-state index is 11.0. The normalized spacial score (nSPS) is 33.7. The number of aliphatic carboxylic acids is 1. The third kappa shape index (κ3) is 2.51. The van der Waals surface area contributed by atoms with Gasteiger partial charge in [-0.1, -0.05) is 0 Å². The molecule has 86 valence electrons. The van der Waals surface area contributed by atoms with E-state index < -0.39 is 5.97 Å². The van der Waals surface area contributed by atoms with Gasteiger partial charge < -0.3 is 10.0 Å². The minimum atomic E-state index is -0.605. The predicted molar refractivity (Wildman–Crippen MR) is 58.8 cm³/mol. The second-order valence-electron chi connectivity index (χ2n) is 5.36. The van der Waals surface area contributed by atoms with E-state index in [9.17, 15) is 4.79 Å². The van der Waals surface area contributed by atoms with Gasteiger partial charge in [-0.3, -0.25) is 4.79 Å². The van der Waals surface area contributed by atoms with Crippen molar-refractivity contribution in [1.82, 2.24) is 4.90 Å². The lowest BCUT2D eigenvalue weighted by Gasteiger charge is -2.31. The summed E-state index contributed by atoms with van der Waals surface area (Å²) in [6.07, 6.45) is 6.29. The quantitative estimate of drug-likeness (QED) is 0.776. The van der Waals surface area contributed by atoms with E-state index in [1.54, 1.807) is 0 Å². The average molecular weight is 211 g/mol. The standard InChI is InChI=1S/C12H21NO2/c1-13-7-2-5-12(6-8-13,9-11(14)15)10-3-4-10/h10H,2-9H2,1H3,(H,14,15). The van der Waals surface area contributed by atoms with Crippen molar-refractivity contribution in [2.24, 2.45) is 11.3 Å². The fourth-order valence-electron chi connectivity index (χ4n) is 3.08.